The minimum atomic E-state index is 0.283. The van der Waals surface area contributed by atoms with Crippen LogP contribution in [0.1, 0.15) is 35.4 Å². The Kier molecular flexibility index (Phi) is 6.27. The fourth-order valence-corrected chi connectivity index (χ4v) is 3.88. The van der Waals surface area contributed by atoms with Crippen LogP contribution in [0.3, 0.4) is 0 Å². The quantitative estimate of drug-likeness (QED) is 0.733. The number of hydrogen-bond acceptors (Lipinski definition) is 3. The zero-order chi connectivity index (χ0) is 15.2. The molecule has 1 unspecified atom stereocenters. The molecule has 0 spiro atoms. The van der Waals surface area contributed by atoms with Crippen molar-refractivity contribution in [2.24, 2.45) is 0 Å². The Morgan fingerprint density at radius 2 is 2.14 bits per heavy atom. The van der Waals surface area contributed by atoms with Gasteiger partial charge in [0.2, 0.25) is 0 Å². The van der Waals surface area contributed by atoms with Crippen molar-refractivity contribution in [3.63, 3.8) is 0 Å². The lowest BCUT2D eigenvalue weighted by Gasteiger charge is -2.21. The van der Waals surface area contributed by atoms with Crippen molar-refractivity contribution >= 4 is 27.3 Å². The van der Waals surface area contributed by atoms with Gasteiger partial charge in [0, 0.05) is 32.8 Å². The van der Waals surface area contributed by atoms with E-state index in [1.165, 1.54) is 16.0 Å². The molecule has 114 valence electrons. The summed E-state index contributed by atoms with van der Waals surface area (Å²) >= 11 is 5.33. The van der Waals surface area contributed by atoms with E-state index in [2.05, 4.69) is 64.7 Å². The summed E-state index contributed by atoms with van der Waals surface area (Å²) in [4.78, 5) is 1.37. The van der Waals surface area contributed by atoms with Crippen molar-refractivity contribution in [1.82, 2.24) is 5.32 Å². The smallest absolute Gasteiger partial charge is 0.123 e. The third-order valence-electron chi connectivity index (χ3n) is 3.43. The van der Waals surface area contributed by atoms with Gasteiger partial charge in [0.1, 0.15) is 5.75 Å². The molecule has 0 saturated heterocycles. The van der Waals surface area contributed by atoms with Crippen molar-refractivity contribution in [3.05, 3.63) is 50.1 Å². The molecule has 2 aromatic rings. The average Bonchev–Trinajstić information content (AvgIpc) is 2.88. The fourth-order valence-electron chi connectivity index (χ4n) is 2.38. The van der Waals surface area contributed by atoms with E-state index >= 15 is 0 Å². The van der Waals surface area contributed by atoms with Crippen LogP contribution in [0.25, 0.3) is 0 Å². The number of thiophene rings is 1. The second kappa shape index (κ2) is 7.97. The number of benzene rings is 1. The predicted octanol–water partition coefficient (Wildman–Crippen LogP) is 5.11. The Labute approximate surface area is 139 Å². The van der Waals surface area contributed by atoms with Gasteiger partial charge in [-0.2, -0.15) is 0 Å². The number of methoxy groups -OCH3 is 1. The van der Waals surface area contributed by atoms with Gasteiger partial charge in [-0.25, -0.2) is 0 Å². The summed E-state index contributed by atoms with van der Waals surface area (Å²) < 4.78 is 6.74. The first-order valence-electron chi connectivity index (χ1n) is 7.25. The van der Waals surface area contributed by atoms with Crippen LogP contribution >= 0.6 is 27.3 Å². The third kappa shape index (κ3) is 4.56. The van der Waals surface area contributed by atoms with E-state index in [0.29, 0.717) is 0 Å². The molecule has 0 radical (unpaired) electrons. The third-order valence-corrected chi connectivity index (χ3v) is 5.15. The summed E-state index contributed by atoms with van der Waals surface area (Å²) in [5.74, 6) is 0.972. The van der Waals surface area contributed by atoms with E-state index in [1.807, 2.05) is 0 Å². The Morgan fingerprint density at radius 1 is 1.33 bits per heavy atom. The average molecular weight is 368 g/mol. The van der Waals surface area contributed by atoms with Crippen LogP contribution in [0.5, 0.6) is 5.75 Å². The first-order chi connectivity index (χ1) is 10.1. The van der Waals surface area contributed by atoms with Crippen molar-refractivity contribution in [1.29, 1.82) is 0 Å². The van der Waals surface area contributed by atoms with Crippen LogP contribution in [-0.2, 0) is 6.42 Å². The predicted molar refractivity (Wildman–Crippen MR) is 94.5 cm³/mol. The zero-order valence-electron chi connectivity index (χ0n) is 12.8. The molecule has 0 aliphatic carbocycles. The summed E-state index contributed by atoms with van der Waals surface area (Å²) in [6.07, 6.45) is 2.11. The monoisotopic (exact) mass is 367 g/mol. The van der Waals surface area contributed by atoms with Gasteiger partial charge in [-0.15, -0.1) is 11.3 Å². The second-order valence-electron chi connectivity index (χ2n) is 5.19. The van der Waals surface area contributed by atoms with E-state index in [0.717, 1.165) is 29.6 Å². The van der Waals surface area contributed by atoms with Crippen LogP contribution in [0.15, 0.2) is 34.1 Å². The van der Waals surface area contributed by atoms with E-state index in [4.69, 9.17) is 4.74 Å². The van der Waals surface area contributed by atoms with Crippen molar-refractivity contribution < 1.29 is 4.74 Å². The van der Waals surface area contributed by atoms with Gasteiger partial charge in [0.15, 0.2) is 0 Å². The van der Waals surface area contributed by atoms with Crippen LogP contribution in [0.2, 0.25) is 0 Å². The molecule has 0 bridgehead atoms. The summed E-state index contributed by atoms with van der Waals surface area (Å²) in [7, 11) is 1.75. The lowest BCUT2D eigenvalue weighted by atomic mass is 10.00. The van der Waals surface area contributed by atoms with Gasteiger partial charge >= 0.3 is 0 Å². The van der Waals surface area contributed by atoms with Crippen molar-refractivity contribution in [3.8, 4) is 5.75 Å². The van der Waals surface area contributed by atoms with E-state index in [1.54, 1.807) is 18.4 Å². The maximum Gasteiger partial charge on any atom is 0.123 e. The van der Waals surface area contributed by atoms with Crippen LogP contribution in [0.4, 0.5) is 0 Å². The van der Waals surface area contributed by atoms with E-state index < -0.39 is 0 Å². The van der Waals surface area contributed by atoms with Gasteiger partial charge in [-0.3, -0.25) is 0 Å². The molecule has 1 N–H and O–H groups in total. The molecule has 1 heterocycles. The SMILES string of the molecule is CCCNC(Cc1cc(Br)cs1)c1ccc(C)cc1OC. The number of hydrogen-bond donors (Lipinski definition) is 1. The summed E-state index contributed by atoms with van der Waals surface area (Å²) in [5.41, 5.74) is 2.46. The van der Waals surface area contributed by atoms with Crippen LogP contribution in [-0.4, -0.2) is 13.7 Å². The zero-order valence-corrected chi connectivity index (χ0v) is 15.2. The number of nitrogens with one attached hydrogen (secondary N) is 1. The first kappa shape index (κ1) is 16.5. The highest BCUT2D eigenvalue weighted by Gasteiger charge is 2.17. The van der Waals surface area contributed by atoms with E-state index in [-0.39, 0.29) is 6.04 Å². The number of halogens is 1. The Balaban J connectivity index is 2.26. The summed E-state index contributed by atoms with van der Waals surface area (Å²) in [5, 5.41) is 5.79. The Morgan fingerprint density at radius 3 is 2.76 bits per heavy atom. The van der Waals surface area contributed by atoms with Gasteiger partial charge in [0.25, 0.3) is 0 Å². The molecule has 2 nitrogen and oxygen atoms in total. The molecule has 0 saturated carbocycles. The Hall–Kier alpha value is -0.840. The molecule has 1 aromatic heterocycles. The molecule has 1 atom stereocenters. The Bertz CT molecular complexity index is 582. The molecule has 2 rings (SSSR count). The molecular weight excluding hydrogens is 346 g/mol. The molecule has 0 fully saturated rings. The lowest BCUT2D eigenvalue weighted by Crippen LogP contribution is -2.24. The van der Waals surface area contributed by atoms with Crippen LogP contribution in [0, 0.1) is 6.92 Å². The molecule has 1 aromatic carbocycles. The highest BCUT2D eigenvalue weighted by Crippen LogP contribution is 2.31. The molecule has 0 aliphatic heterocycles. The number of rotatable bonds is 7. The lowest BCUT2D eigenvalue weighted by molar-refractivity contribution is 0.398. The highest BCUT2D eigenvalue weighted by atomic mass is 79.9. The maximum atomic E-state index is 5.58. The summed E-state index contributed by atoms with van der Waals surface area (Å²) in [6, 6.07) is 8.94. The van der Waals surface area contributed by atoms with E-state index in [9.17, 15) is 0 Å². The minimum Gasteiger partial charge on any atom is -0.496 e. The van der Waals surface area contributed by atoms with Gasteiger partial charge < -0.3 is 10.1 Å². The fraction of sp³-hybridized carbons (Fsp3) is 0.412. The topological polar surface area (TPSA) is 21.3 Å². The van der Waals surface area contributed by atoms with Gasteiger partial charge in [-0.05, 0) is 53.5 Å². The van der Waals surface area contributed by atoms with Crippen molar-refractivity contribution in [2.75, 3.05) is 13.7 Å². The highest BCUT2D eigenvalue weighted by molar-refractivity contribution is 9.10. The number of ether oxygens (including phenoxy) is 1. The molecule has 21 heavy (non-hydrogen) atoms. The van der Waals surface area contributed by atoms with Crippen LogP contribution < -0.4 is 10.1 Å². The largest absolute Gasteiger partial charge is 0.496 e. The molecular formula is C17H22BrNOS. The van der Waals surface area contributed by atoms with Gasteiger partial charge in [-0.1, -0.05) is 19.1 Å². The second-order valence-corrected chi connectivity index (χ2v) is 7.10. The number of aryl methyl sites for hydroxylation is 1. The minimum absolute atomic E-state index is 0.283. The summed E-state index contributed by atoms with van der Waals surface area (Å²) in [6.45, 7) is 5.30. The molecule has 0 aliphatic rings. The molecule has 4 heteroatoms. The van der Waals surface area contributed by atoms with Crippen molar-refractivity contribution in [2.45, 2.75) is 32.7 Å². The van der Waals surface area contributed by atoms with Gasteiger partial charge in [0.05, 0.1) is 7.11 Å². The first-order valence-corrected chi connectivity index (χ1v) is 8.92. The molecule has 0 amide bonds. The maximum absolute atomic E-state index is 5.58. The standard InChI is InChI=1S/C17H22BrNOS/c1-4-7-19-16(10-14-9-13(18)11-21-14)15-6-5-12(2)8-17(15)20-3/h5-6,8-9,11,16,19H,4,7,10H2,1-3H3. The normalized spacial score (nSPS) is 12.4.